The van der Waals surface area contributed by atoms with Crippen LogP contribution in [0.2, 0.25) is 0 Å². The van der Waals surface area contributed by atoms with E-state index in [0.717, 1.165) is 6.42 Å². The summed E-state index contributed by atoms with van der Waals surface area (Å²) in [6.07, 6.45) is 0.627. The molecule has 5 nitrogen and oxygen atoms in total. The number of rotatable bonds is 3. The molecule has 0 spiro atoms. The van der Waals surface area contributed by atoms with Gasteiger partial charge in [0.15, 0.2) is 0 Å². The van der Waals surface area contributed by atoms with E-state index in [1.165, 1.54) is 0 Å². The Morgan fingerprint density at radius 2 is 2.50 bits per heavy atom. The summed E-state index contributed by atoms with van der Waals surface area (Å²) in [6, 6.07) is 0. The van der Waals surface area contributed by atoms with Crippen molar-refractivity contribution < 1.29 is 14.7 Å². The van der Waals surface area contributed by atoms with Gasteiger partial charge in [-0.1, -0.05) is 6.92 Å². The van der Waals surface area contributed by atoms with Crippen molar-refractivity contribution in [3.05, 3.63) is 10.1 Å². The molecule has 0 aliphatic carbocycles. The molecular weight excluding hydrogens is 138 g/mol. The second kappa shape index (κ2) is 2.09. The Morgan fingerprint density at radius 1 is 1.90 bits per heavy atom. The lowest BCUT2D eigenvalue weighted by Gasteiger charge is -2.00. The van der Waals surface area contributed by atoms with Crippen LogP contribution in [0.15, 0.2) is 0 Å². The molecule has 0 bridgehead atoms. The predicted octanol–water partition coefficient (Wildman–Crippen LogP) is 0.720. The van der Waals surface area contributed by atoms with E-state index in [9.17, 15) is 10.1 Å². The summed E-state index contributed by atoms with van der Waals surface area (Å²) in [7, 11) is 0. The fourth-order valence-electron chi connectivity index (χ4n) is 0.931. The van der Waals surface area contributed by atoms with Crippen LogP contribution in [0.5, 0.6) is 0 Å². The van der Waals surface area contributed by atoms with Gasteiger partial charge in [0.05, 0.1) is 0 Å². The minimum atomic E-state index is -0.960. The predicted molar refractivity (Wildman–Crippen MR) is 31.6 cm³/mol. The van der Waals surface area contributed by atoms with E-state index >= 15 is 0 Å². The average Bonchev–Trinajstić information content (AvgIpc) is 2.39. The van der Waals surface area contributed by atoms with Gasteiger partial charge in [-0.05, 0) is 13.3 Å². The number of nitrogens with zero attached hydrogens (tertiary/aromatic N) is 1. The van der Waals surface area contributed by atoms with Crippen molar-refractivity contribution in [1.29, 1.82) is 0 Å². The highest BCUT2D eigenvalue weighted by Gasteiger charge is 2.55. The van der Waals surface area contributed by atoms with Crippen molar-refractivity contribution in [1.82, 2.24) is 0 Å². The fraction of sp³-hybridized carbons (Fsp3) is 1.00. The molecule has 1 saturated heterocycles. The summed E-state index contributed by atoms with van der Waals surface area (Å²) in [5.41, 5.74) is 0. The summed E-state index contributed by atoms with van der Waals surface area (Å²) in [5, 5.41) is 9.00. The monoisotopic (exact) mass is 147 g/mol. The number of hydrogen-bond acceptors (Lipinski definition) is 4. The molecule has 0 aromatic heterocycles. The van der Waals surface area contributed by atoms with Crippen molar-refractivity contribution in [2.45, 2.75) is 32.2 Å². The molecule has 1 aliphatic heterocycles. The molecule has 0 radical (unpaired) electrons. The van der Waals surface area contributed by atoms with Crippen molar-refractivity contribution in [3.63, 3.8) is 0 Å². The SMILES string of the molecule is CCC1OC1(C)O[N+](=O)[O-]. The molecule has 1 heterocycles. The lowest BCUT2D eigenvalue weighted by molar-refractivity contribution is -0.778. The summed E-state index contributed by atoms with van der Waals surface area (Å²) in [4.78, 5) is 14.1. The molecule has 58 valence electrons. The molecule has 0 N–H and O–H groups in total. The zero-order chi connectivity index (χ0) is 7.78. The smallest absolute Gasteiger partial charge is 0.297 e. The van der Waals surface area contributed by atoms with E-state index in [0.29, 0.717) is 0 Å². The van der Waals surface area contributed by atoms with Gasteiger partial charge in [-0.3, -0.25) is 4.84 Å². The molecule has 0 aromatic rings. The second-order valence-electron chi connectivity index (χ2n) is 2.35. The molecule has 1 aliphatic rings. The molecule has 1 rings (SSSR count). The van der Waals surface area contributed by atoms with Crippen LogP contribution in [0, 0.1) is 10.1 Å². The Morgan fingerprint density at radius 3 is 2.80 bits per heavy atom. The van der Waals surface area contributed by atoms with Gasteiger partial charge in [-0.2, -0.15) is 0 Å². The van der Waals surface area contributed by atoms with E-state index in [-0.39, 0.29) is 6.10 Å². The van der Waals surface area contributed by atoms with Gasteiger partial charge in [-0.25, -0.2) is 0 Å². The average molecular weight is 147 g/mol. The standard InChI is InChI=1S/C5H9NO4/c1-3-4-5(2,9-4)10-6(7)8/h4H,3H2,1-2H3. The highest BCUT2D eigenvalue weighted by Crippen LogP contribution is 2.39. The first-order chi connectivity index (χ1) is 4.58. The van der Waals surface area contributed by atoms with E-state index in [1.807, 2.05) is 6.92 Å². The van der Waals surface area contributed by atoms with Gasteiger partial charge in [0.2, 0.25) is 5.79 Å². The zero-order valence-corrected chi connectivity index (χ0v) is 5.86. The van der Waals surface area contributed by atoms with E-state index in [4.69, 9.17) is 4.74 Å². The van der Waals surface area contributed by atoms with Crippen LogP contribution in [-0.2, 0) is 9.57 Å². The summed E-state index contributed by atoms with van der Waals surface area (Å²) in [6.45, 7) is 3.45. The Hall–Kier alpha value is -0.840. The van der Waals surface area contributed by atoms with E-state index in [2.05, 4.69) is 4.84 Å². The Kier molecular flexibility index (Phi) is 1.52. The van der Waals surface area contributed by atoms with Crippen molar-refractivity contribution in [2.24, 2.45) is 0 Å². The van der Waals surface area contributed by atoms with Gasteiger partial charge in [-0.15, -0.1) is 10.1 Å². The summed E-state index contributed by atoms with van der Waals surface area (Å²) >= 11 is 0. The normalized spacial score (nSPS) is 37.2. The molecule has 2 atom stereocenters. The zero-order valence-electron chi connectivity index (χ0n) is 5.86. The molecular formula is C5H9NO4. The van der Waals surface area contributed by atoms with Crippen molar-refractivity contribution >= 4 is 0 Å². The summed E-state index contributed by atoms with van der Waals surface area (Å²) in [5.74, 6) is -0.960. The van der Waals surface area contributed by atoms with Crippen LogP contribution < -0.4 is 0 Å². The molecule has 0 amide bonds. The van der Waals surface area contributed by atoms with Crippen LogP contribution in [0.3, 0.4) is 0 Å². The Bertz CT molecular complexity index is 160. The first-order valence-electron chi connectivity index (χ1n) is 3.10. The lowest BCUT2D eigenvalue weighted by Crippen LogP contribution is -2.18. The van der Waals surface area contributed by atoms with Gasteiger partial charge >= 0.3 is 0 Å². The first kappa shape index (κ1) is 7.27. The minimum absolute atomic E-state index is 0.113. The topological polar surface area (TPSA) is 64.9 Å². The maximum Gasteiger partial charge on any atom is 0.297 e. The van der Waals surface area contributed by atoms with Crippen LogP contribution in [0.4, 0.5) is 0 Å². The number of hydrogen-bond donors (Lipinski definition) is 0. The third-order valence-electron chi connectivity index (χ3n) is 1.53. The third kappa shape index (κ3) is 1.18. The second-order valence-corrected chi connectivity index (χ2v) is 2.35. The summed E-state index contributed by atoms with van der Waals surface area (Å²) < 4.78 is 4.90. The van der Waals surface area contributed by atoms with Crippen LogP contribution in [-0.4, -0.2) is 17.0 Å². The van der Waals surface area contributed by atoms with Gasteiger partial charge in [0, 0.05) is 0 Å². The maximum absolute atomic E-state index is 9.82. The van der Waals surface area contributed by atoms with Crippen LogP contribution in [0.1, 0.15) is 20.3 Å². The molecule has 2 unspecified atom stereocenters. The molecule has 5 heteroatoms. The van der Waals surface area contributed by atoms with Crippen LogP contribution >= 0.6 is 0 Å². The first-order valence-corrected chi connectivity index (χ1v) is 3.10. The number of epoxide rings is 1. The van der Waals surface area contributed by atoms with Gasteiger partial charge < -0.3 is 4.74 Å². The van der Waals surface area contributed by atoms with Crippen molar-refractivity contribution in [2.75, 3.05) is 0 Å². The van der Waals surface area contributed by atoms with Gasteiger partial charge in [0.1, 0.15) is 6.10 Å². The molecule has 10 heavy (non-hydrogen) atoms. The molecule has 0 saturated carbocycles. The van der Waals surface area contributed by atoms with Gasteiger partial charge in [0.25, 0.3) is 5.09 Å². The quantitative estimate of drug-likeness (QED) is 0.335. The van der Waals surface area contributed by atoms with E-state index in [1.54, 1.807) is 6.92 Å². The third-order valence-corrected chi connectivity index (χ3v) is 1.53. The highest BCUT2D eigenvalue weighted by molar-refractivity contribution is 4.88. The van der Waals surface area contributed by atoms with Crippen molar-refractivity contribution in [3.8, 4) is 0 Å². The largest absolute Gasteiger partial charge is 0.340 e. The molecule has 1 fully saturated rings. The maximum atomic E-state index is 9.82. The van der Waals surface area contributed by atoms with Crippen LogP contribution in [0.25, 0.3) is 0 Å². The van der Waals surface area contributed by atoms with E-state index < -0.39 is 10.9 Å². The molecule has 0 aromatic carbocycles. The minimum Gasteiger partial charge on any atom is -0.340 e. The number of ether oxygens (including phenoxy) is 1. The highest BCUT2D eigenvalue weighted by atomic mass is 17.0. The fourth-order valence-corrected chi connectivity index (χ4v) is 0.931. The lowest BCUT2D eigenvalue weighted by atomic mass is 10.2. The Labute approximate surface area is 58.0 Å². The Balaban J connectivity index is 2.36.